The number of ether oxygens (including phenoxy) is 2. The van der Waals surface area contributed by atoms with Gasteiger partial charge < -0.3 is 19.7 Å². The van der Waals surface area contributed by atoms with Crippen molar-refractivity contribution in [2.75, 3.05) is 12.4 Å². The molecule has 1 atom stereocenters. The minimum atomic E-state index is -2.95. The van der Waals surface area contributed by atoms with E-state index >= 15 is 0 Å². The van der Waals surface area contributed by atoms with Crippen molar-refractivity contribution in [3.8, 4) is 16.9 Å². The topological polar surface area (TPSA) is 50.8 Å². The summed E-state index contributed by atoms with van der Waals surface area (Å²) in [6, 6.07) is 11.1. The predicted molar refractivity (Wildman–Crippen MR) is 120 cm³/mol. The van der Waals surface area contributed by atoms with Crippen LogP contribution in [-0.4, -0.2) is 30.3 Å². The minimum absolute atomic E-state index is 0.0352. The normalized spacial score (nSPS) is 19.1. The fourth-order valence-corrected chi connectivity index (χ4v) is 4.30. The Morgan fingerprint density at radius 3 is 2.53 bits per heavy atom. The highest BCUT2D eigenvalue weighted by molar-refractivity contribution is 5.83. The number of anilines is 1. The maximum Gasteiger partial charge on any atom is 0.387 e. The molecule has 0 unspecified atom stereocenters. The van der Waals surface area contributed by atoms with Crippen LogP contribution in [0, 0.1) is 5.41 Å². The molecule has 1 amide bonds. The van der Waals surface area contributed by atoms with Crippen LogP contribution in [0.3, 0.4) is 0 Å². The van der Waals surface area contributed by atoms with Gasteiger partial charge in [0.15, 0.2) is 5.75 Å². The van der Waals surface area contributed by atoms with Crippen molar-refractivity contribution >= 4 is 11.6 Å². The molecule has 1 heterocycles. The summed E-state index contributed by atoms with van der Waals surface area (Å²) in [5.41, 5.74) is 2.90. The molecule has 1 fully saturated rings. The van der Waals surface area contributed by atoms with Gasteiger partial charge in [-0.25, -0.2) is 0 Å². The first-order chi connectivity index (χ1) is 15.0. The van der Waals surface area contributed by atoms with Gasteiger partial charge in [0.2, 0.25) is 5.91 Å². The zero-order chi connectivity index (χ0) is 23.3. The summed E-state index contributed by atoms with van der Waals surface area (Å²) in [6.45, 7) is 5.30. The van der Waals surface area contributed by atoms with Gasteiger partial charge in [-0.05, 0) is 48.6 Å². The van der Waals surface area contributed by atoms with Crippen molar-refractivity contribution in [1.82, 2.24) is 4.90 Å². The first-order valence-electron chi connectivity index (χ1n) is 10.9. The molecule has 1 aliphatic carbocycles. The Bertz CT molecular complexity index is 1030. The Hall–Kier alpha value is -2.67. The molecule has 1 N–H and O–H groups in total. The second-order valence-corrected chi connectivity index (χ2v) is 9.66. The lowest BCUT2D eigenvalue weighted by molar-refractivity contribution is -0.141. The standard InChI is InChI=1S/C25H30F2N2O3/c1-15-18-10-9-16(13-17(18)14-29(15)22(30)24(2,3)4)19-7-6-8-20(21(19)32-23(26)27)28-25(31-5)11-12-25/h6-10,13,15,23,28H,11-12,14H2,1-5H3/t15-/m1/s1. The number of benzene rings is 2. The predicted octanol–water partition coefficient (Wildman–Crippen LogP) is 5.95. The molecule has 32 heavy (non-hydrogen) atoms. The van der Waals surface area contributed by atoms with E-state index in [1.807, 2.05) is 56.9 Å². The number of carbonyl (C=O) groups excluding carboxylic acids is 1. The molecule has 1 aliphatic heterocycles. The lowest BCUT2D eigenvalue weighted by Crippen LogP contribution is -2.37. The first kappa shape index (κ1) is 22.5. The van der Waals surface area contributed by atoms with Crippen LogP contribution < -0.4 is 10.1 Å². The number of amides is 1. The maximum absolute atomic E-state index is 13.3. The number of hydrogen-bond acceptors (Lipinski definition) is 4. The fraction of sp³-hybridized carbons (Fsp3) is 0.480. The summed E-state index contributed by atoms with van der Waals surface area (Å²) in [6.07, 6.45) is 1.60. The van der Waals surface area contributed by atoms with E-state index in [0.717, 1.165) is 29.5 Å². The van der Waals surface area contributed by atoms with Crippen LogP contribution in [0.15, 0.2) is 36.4 Å². The molecule has 5 nitrogen and oxygen atoms in total. The van der Waals surface area contributed by atoms with Gasteiger partial charge in [-0.2, -0.15) is 8.78 Å². The highest BCUT2D eigenvalue weighted by Crippen LogP contribution is 2.46. The van der Waals surface area contributed by atoms with Gasteiger partial charge in [-0.3, -0.25) is 4.79 Å². The average Bonchev–Trinajstić information content (AvgIpc) is 3.43. The van der Waals surface area contributed by atoms with Gasteiger partial charge in [0.1, 0.15) is 5.72 Å². The van der Waals surface area contributed by atoms with E-state index in [2.05, 4.69) is 5.32 Å². The Balaban J connectivity index is 1.70. The summed E-state index contributed by atoms with van der Waals surface area (Å²) in [5.74, 6) is 0.185. The highest BCUT2D eigenvalue weighted by atomic mass is 19.3. The molecular formula is C25H30F2N2O3. The number of nitrogens with one attached hydrogen (secondary N) is 1. The van der Waals surface area contributed by atoms with E-state index in [1.54, 1.807) is 19.2 Å². The van der Waals surface area contributed by atoms with Crippen molar-refractivity contribution in [2.45, 2.75) is 65.5 Å². The lowest BCUT2D eigenvalue weighted by Gasteiger charge is -2.29. The van der Waals surface area contributed by atoms with E-state index in [-0.39, 0.29) is 17.7 Å². The van der Waals surface area contributed by atoms with Crippen molar-refractivity contribution in [1.29, 1.82) is 0 Å². The number of rotatable bonds is 6. The summed E-state index contributed by atoms with van der Waals surface area (Å²) in [4.78, 5) is 14.8. The van der Waals surface area contributed by atoms with Crippen LogP contribution in [0.4, 0.5) is 14.5 Å². The van der Waals surface area contributed by atoms with E-state index in [0.29, 0.717) is 17.8 Å². The zero-order valence-electron chi connectivity index (χ0n) is 19.2. The third kappa shape index (κ3) is 4.18. The molecule has 172 valence electrons. The van der Waals surface area contributed by atoms with E-state index < -0.39 is 17.8 Å². The number of carbonyl (C=O) groups is 1. The van der Waals surface area contributed by atoms with Crippen molar-refractivity contribution in [3.63, 3.8) is 0 Å². The highest BCUT2D eigenvalue weighted by Gasteiger charge is 2.44. The summed E-state index contributed by atoms with van der Waals surface area (Å²) >= 11 is 0. The quantitative estimate of drug-likeness (QED) is 0.559. The first-order valence-corrected chi connectivity index (χ1v) is 10.9. The molecule has 2 aliphatic rings. The van der Waals surface area contributed by atoms with Crippen LogP contribution >= 0.6 is 0 Å². The van der Waals surface area contributed by atoms with Gasteiger partial charge >= 0.3 is 6.61 Å². The third-order valence-corrected chi connectivity index (χ3v) is 6.29. The van der Waals surface area contributed by atoms with E-state index in [4.69, 9.17) is 9.47 Å². The minimum Gasteiger partial charge on any atom is -0.432 e. The van der Waals surface area contributed by atoms with Crippen LogP contribution in [0.5, 0.6) is 5.75 Å². The van der Waals surface area contributed by atoms with E-state index in [1.165, 1.54) is 0 Å². The molecule has 0 saturated heterocycles. The second-order valence-electron chi connectivity index (χ2n) is 9.66. The summed E-state index contributed by atoms with van der Waals surface area (Å²) in [7, 11) is 1.60. The fourth-order valence-electron chi connectivity index (χ4n) is 4.30. The molecule has 0 radical (unpaired) electrons. The van der Waals surface area contributed by atoms with Crippen molar-refractivity contribution < 1.29 is 23.0 Å². The number of hydrogen-bond donors (Lipinski definition) is 1. The largest absolute Gasteiger partial charge is 0.432 e. The van der Waals surface area contributed by atoms with Gasteiger partial charge in [-0.15, -0.1) is 0 Å². The molecule has 0 bridgehead atoms. The summed E-state index contributed by atoms with van der Waals surface area (Å²) < 4.78 is 37.1. The van der Waals surface area contributed by atoms with Crippen LogP contribution in [0.2, 0.25) is 0 Å². The number of alkyl halides is 2. The SMILES string of the molecule is COC1(Nc2cccc(-c3ccc4c(c3)CN(C(=O)C(C)(C)C)[C@@H]4C)c2OC(F)F)CC1. The Morgan fingerprint density at radius 2 is 1.94 bits per heavy atom. The Kier molecular flexibility index (Phi) is 5.65. The van der Waals surface area contributed by atoms with Gasteiger partial charge in [-0.1, -0.05) is 45.0 Å². The number of methoxy groups -OCH3 is 1. The van der Waals surface area contributed by atoms with Crippen molar-refractivity contribution in [2.24, 2.45) is 5.41 Å². The number of fused-ring (bicyclic) bond motifs is 1. The Morgan fingerprint density at radius 1 is 1.22 bits per heavy atom. The molecule has 2 aromatic carbocycles. The van der Waals surface area contributed by atoms with Crippen LogP contribution in [-0.2, 0) is 16.1 Å². The molecular weight excluding hydrogens is 414 g/mol. The van der Waals surface area contributed by atoms with Gasteiger partial charge in [0.05, 0.1) is 11.7 Å². The smallest absolute Gasteiger partial charge is 0.387 e. The van der Waals surface area contributed by atoms with Gasteiger partial charge in [0.25, 0.3) is 0 Å². The summed E-state index contributed by atoms with van der Waals surface area (Å²) in [5, 5.41) is 3.23. The number of nitrogens with zero attached hydrogens (tertiary/aromatic N) is 1. The molecule has 0 spiro atoms. The number of halogens is 2. The molecule has 2 aromatic rings. The molecule has 4 rings (SSSR count). The second kappa shape index (κ2) is 8.03. The van der Waals surface area contributed by atoms with Gasteiger partial charge in [0, 0.05) is 24.6 Å². The van der Waals surface area contributed by atoms with Crippen molar-refractivity contribution in [3.05, 3.63) is 47.5 Å². The molecule has 1 saturated carbocycles. The Labute approximate surface area is 187 Å². The average molecular weight is 445 g/mol. The maximum atomic E-state index is 13.3. The monoisotopic (exact) mass is 444 g/mol. The lowest BCUT2D eigenvalue weighted by atomic mass is 9.94. The molecule has 7 heteroatoms. The molecule has 0 aromatic heterocycles. The third-order valence-electron chi connectivity index (χ3n) is 6.29. The number of para-hydroxylation sites is 1. The van der Waals surface area contributed by atoms with Crippen LogP contribution in [0.1, 0.15) is 57.7 Å². The zero-order valence-corrected chi connectivity index (χ0v) is 19.2. The van der Waals surface area contributed by atoms with E-state index in [9.17, 15) is 13.6 Å². The van der Waals surface area contributed by atoms with Crippen LogP contribution in [0.25, 0.3) is 11.1 Å².